The first kappa shape index (κ1) is 12.4. The monoisotopic (exact) mass is 252 g/mol. The van der Waals surface area contributed by atoms with E-state index in [0.717, 1.165) is 12.1 Å². The summed E-state index contributed by atoms with van der Waals surface area (Å²) in [6.07, 6.45) is 1.37. The SMILES string of the molecule is COc1cc(F)c(-c2ccnc(CO)n2)cc1F. The van der Waals surface area contributed by atoms with Crippen LogP contribution in [-0.4, -0.2) is 22.2 Å². The Hall–Kier alpha value is -2.08. The minimum atomic E-state index is -0.682. The number of aliphatic hydroxyl groups is 1. The van der Waals surface area contributed by atoms with E-state index in [-0.39, 0.29) is 29.4 Å². The van der Waals surface area contributed by atoms with Gasteiger partial charge < -0.3 is 9.84 Å². The first-order chi connectivity index (χ1) is 8.65. The van der Waals surface area contributed by atoms with Gasteiger partial charge in [0.1, 0.15) is 12.4 Å². The average molecular weight is 252 g/mol. The summed E-state index contributed by atoms with van der Waals surface area (Å²) in [7, 11) is 1.26. The van der Waals surface area contributed by atoms with Crippen LogP contribution in [0, 0.1) is 11.6 Å². The van der Waals surface area contributed by atoms with Gasteiger partial charge in [0.05, 0.1) is 12.8 Å². The van der Waals surface area contributed by atoms with Crippen molar-refractivity contribution in [2.45, 2.75) is 6.61 Å². The molecule has 1 aromatic heterocycles. The van der Waals surface area contributed by atoms with E-state index in [0.29, 0.717) is 0 Å². The molecule has 18 heavy (non-hydrogen) atoms. The summed E-state index contributed by atoms with van der Waals surface area (Å²) in [5.74, 6) is -1.37. The normalized spacial score (nSPS) is 10.4. The van der Waals surface area contributed by atoms with Gasteiger partial charge in [0.25, 0.3) is 0 Å². The van der Waals surface area contributed by atoms with Crippen molar-refractivity contribution in [1.82, 2.24) is 9.97 Å². The summed E-state index contributed by atoms with van der Waals surface area (Å²) in [6, 6.07) is 3.38. The van der Waals surface area contributed by atoms with Gasteiger partial charge in [-0.2, -0.15) is 0 Å². The zero-order chi connectivity index (χ0) is 13.1. The smallest absolute Gasteiger partial charge is 0.165 e. The van der Waals surface area contributed by atoms with Crippen LogP contribution in [-0.2, 0) is 6.61 Å². The zero-order valence-corrected chi connectivity index (χ0v) is 9.52. The maximum atomic E-state index is 13.8. The molecule has 0 aliphatic carbocycles. The predicted octanol–water partition coefficient (Wildman–Crippen LogP) is 1.92. The lowest BCUT2D eigenvalue weighted by atomic mass is 10.1. The molecule has 0 fully saturated rings. The number of rotatable bonds is 3. The molecule has 6 heteroatoms. The fraction of sp³-hybridized carbons (Fsp3) is 0.167. The molecule has 94 valence electrons. The molecule has 0 spiro atoms. The van der Waals surface area contributed by atoms with E-state index >= 15 is 0 Å². The van der Waals surface area contributed by atoms with Crippen molar-refractivity contribution < 1.29 is 18.6 Å². The summed E-state index contributed by atoms with van der Waals surface area (Å²) >= 11 is 0. The van der Waals surface area contributed by atoms with Gasteiger partial charge >= 0.3 is 0 Å². The Morgan fingerprint density at radius 2 is 2.06 bits per heavy atom. The summed E-state index contributed by atoms with van der Waals surface area (Å²) in [5.41, 5.74) is 0.193. The summed E-state index contributed by atoms with van der Waals surface area (Å²) in [6.45, 7) is -0.367. The molecule has 0 saturated carbocycles. The molecular formula is C12H10F2N2O2. The van der Waals surface area contributed by atoms with Gasteiger partial charge in [0, 0.05) is 17.8 Å². The quantitative estimate of drug-likeness (QED) is 0.906. The number of nitrogens with zero attached hydrogens (tertiary/aromatic N) is 2. The van der Waals surface area contributed by atoms with Crippen molar-refractivity contribution in [2.24, 2.45) is 0 Å². The Morgan fingerprint density at radius 3 is 2.72 bits per heavy atom. The molecule has 0 aliphatic heterocycles. The summed E-state index contributed by atoms with van der Waals surface area (Å²) in [5, 5.41) is 8.90. The third-order valence-electron chi connectivity index (χ3n) is 2.36. The zero-order valence-electron chi connectivity index (χ0n) is 9.52. The van der Waals surface area contributed by atoms with Crippen LogP contribution in [0.15, 0.2) is 24.4 Å². The van der Waals surface area contributed by atoms with Crippen LogP contribution in [0.25, 0.3) is 11.3 Å². The van der Waals surface area contributed by atoms with Crippen molar-refractivity contribution in [3.8, 4) is 17.0 Å². The number of hydrogen-bond acceptors (Lipinski definition) is 4. The molecule has 1 heterocycles. The molecule has 0 amide bonds. The van der Waals surface area contributed by atoms with E-state index in [2.05, 4.69) is 14.7 Å². The van der Waals surface area contributed by atoms with E-state index in [1.54, 1.807) is 0 Å². The highest BCUT2D eigenvalue weighted by Gasteiger charge is 2.13. The van der Waals surface area contributed by atoms with Gasteiger partial charge in [-0.1, -0.05) is 0 Å². The Morgan fingerprint density at radius 1 is 1.28 bits per heavy atom. The van der Waals surface area contributed by atoms with Gasteiger partial charge in [-0.3, -0.25) is 0 Å². The summed E-state index contributed by atoms with van der Waals surface area (Å²) in [4.78, 5) is 7.68. The third-order valence-corrected chi connectivity index (χ3v) is 2.36. The largest absolute Gasteiger partial charge is 0.494 e. The molecule has 0 unspecified atom stereocenters. The van der Waals surface area contributed by atoms with E-state index in [9.17, 15) is 8.78 Å². The molecule has 1 N–H and O–H groups in total. The first-order valence-corrected chi connectivity index (χ1v) is 5.12. The summed E-state index contributed by atoms with van der Waals surface area (Å²) < 4.78 is 32.0. The second kappa shape index (κ2) is 5.05. The van der Waals surface area contributed by atoms with Crippen LogP contribution >= 0.6 is 0 Å². The number of methoxy groups -OCH3 is 1. The second-order valence-corrected chi connectivity index (χ2v) is 3.48. The van der Waals surface area contributed by atoms with Crippen molar-refractivity contribution in [1.29, 1.82) is 0 Å². The molecule has 2 aromatic rings. The number of aliphatic hydroxyl groups excluding tert-OH is 1. The van der Waals surface area contributed by atoms with E-state index < -0.39 is 11.6 Å². The molecule has 2 rings (SSSR count). The van der Waals surface area contributed by atoms with Gasteiger partial charge in [-0.15, -0.1) is 0 Å². The number of benzene rings is 1. The predicted molar refractivity (Wildman–Crippen MR) is 59.9 cm³/mol. The minimum Gasteiger partial charge on any atom is -0.494 e. The number of ether oxygens (including phenoxy) is 1. The van der Waals surface area contributed by atoms with Gasteiger partial charge in [-0.25, -0.2) is 18.7 Å². The van der Waals surface area contributed by atoms with Crippen molar-refractivity contribution >= 4 is 0 Å². The molecule has 1 aromatic carbocycles. The van der Waals surface area contributed by atoms with Crippen LogP contribution in [0.2, 0.25) is 0 Å². The molecule has 0 radical (unpaired) electrons. The van der Waals surface area contributed by atoms with Crippen LogP contribution in [0.1, 0.15) is 5.82 Å². The van der Waals surface area contributed by atoms with E-state index in [1.165, 1.54) is 19.4 Å². The average Bonchev–Trinajstić information content (AvgIpc) is 2.41. The van der Waals surface area contributed by atoms with E-state index in [1.807, 2.05) is 0 Å². The number of halogens is 2. The molecule has 0 saturated heterocycles. The van der Waals surface area contributed by atoms with Gasteiger partial charge in [0.15, 0.2) is 17.4 Å². The fourth-order valence-electron chi connectivity index (χ4n) is 1.51. The lowest BCUT2D eigenvalue weighted by Crippen LogP contribution is -1.98. The van der Waals surface area contributed by atoms with Crippen LogP contribution in [0.3, 0.4) is 0 Å². The molecule has 0 bridgehead atoms. The number of hydrogen-bond donors (Lipinski definition) is 1. The van der Waals surface area contributed by atoms with Crippen LogP contribution < -0.4 is 4.74 Å². The van der Waals surface area contributed by atoms with Crippen molar-refractivity contribution in [2.75, 3.05) is 7.11 Å². The molecular weight excluding hydrogens is 242 g/mol. The minimum absolute atomic E-state index is 0.00889. The topological polar surface area (TPSA) is 55.2 Å². The van der Waals surface area contributed by atoms with Crippen LogP contribution in [0.4, 0.5) is 8.78 Å². The lowest BCUT2D eigenvalue weighted by molar-refractivity contribution is 0.271. The Bertz CT molecular complexity index is 576. The van der Waals surface area contributed by atoms with Gasteiger partial charge in [-0.05, 0) is 12.1 Å². The van der Waals surface area contributed by atoms with Gasteiger partial charge in [0.2, 0.25) is 0 Å². The van der Waals surface area contributed by atoms with Crippen LogP contribution in [0.5, 0.6) is 5.75 Å². The van der Waals surface area contributed by atoms with Crippen molar-refractivity contribution in [3.05, 3.63) is 41.9 Å². The van der Waals surface area contributed by atoms with Crippen molar-refractivity contribution in [3.63, 3.8) is 0 Å². The first-order valence-electron chi connectivity index (χ1n) is 5.12. The maximum Gasteiger partial charge on any atom is 0.165 e. The Labute approximate surface area is 102 Å². The lowest BCUT2D eigenvalue weighted by Gasteiger charge is -2.07. The molecule has 0 aliphatic rings. The standard InChI is InChI=1S/C12H10F2N2O2/c1-18-11-5-8(13)7(4-9(11)14)10-2-3-15-12(6-17)16-10/h2-5,17H,6H2,1H3. The molecule has 0 atom stereocenters. The highest BCUT2D eigenvalue weighted by atomic mass is 19.1. The Balaban J connectivity index is 2.53. The van der Waals surface area contributed by atoms with E-state index in [4.69, 9.17) is 5.11 Å². The Kier molecular flexibility index (Phi) is 3.47. The highest BCUT2D eigenvalue weighted by molar-refractivity contribution is 5.61. The molecule has 4 nitrogen and oxygen atoms in total. The fourth-order valence-corrected chi connectivity index (χ4v) is 1.51. The third kappa shape index (κ3) is 2.28. The maximum absolute atomic E-state index is 13.8. The number of aromatic nitrogens is 2. The highest BCUT2D eigenvalue weighted by Crippen LogP contribution is 2.27. The second-order valence-electron chi connectivity index (χ2n) is 3.48.